The monoisotopic (exact) mass is 450 g/mol. The van der Waals surface area contributed by atoms with E-state index >= 15 is 0 Å². The standard InChI is InChI=1S/C20H22N4O4S.ClH/c1-2-28-19(27)16-15(22-20(29-16)23-9-7-12(21)8-10-23)11-24-17(25)13-5-3-4-6-14(13)18(24)26;/h3-6,12H,2,7-11,21H2,1H3;1H. The molecule has 1 fully saturated rings. The summed E-state index contributed by atoms with van der Waals surface area (Å²) in [6.45, 7) is 3.41. The summed E-state index contributed by atoms with van der Waals surface area (Å²) in [7, 11) is 0. The number of hydrogen-bond acceptors (Lipinski definition) is 8. The van der Waals surface area contributed by atoms with E-state index in [0.29, 0.717) is 26.8 Å². The number of ether oxygens (including phenoxy) is 1. The van der Waals surface area contributed by atoms with Gasteiger partial charge in [-0.3, -0.25) is 14.5 Å². The van der Waals surface area contributed by atoms with Gasteiger partial charge in [0.2, 0.25) is 0 Å². The molecule has 0 radical (unpaired) electrons. The van der Waals surface area contributed by atoms with Gasteiger partial charge in [0.1, 0.15) is 4.88 Å². The number of imide groups is 1. The molecule has 0 atom stereocenters. The molecule has 1 saturated heterocycles. The molecular weight excluding hydrogens is 428 g/mol. The van der Waals surface area contributed by atoms with Crippen molar-refractivity contribution < 1.29 is 19.1 Å². The number of carbonyl (C=O) groups excluding carboxylic acids is 3. The van der Waals surface area contributed by atoms with Gasteiger partial charge < -0.3 is 15.4 Å². The maximum atomic E-state index is 12.7. The summed E-state index contributed by atoms with van der Waals surface area (Å²) >= 11 is 1.24. The van der Waals surface area contributed by atoms with Crippen LogP contribution in [0.1, 0.15) is 55.8 Å². The number of aromatic nitrogens is 1. The van der Waals surface area contributed by atoms with Crippen LogP contribution in [0.3, 0.4) is 0 Å². The summed E-state index contributed by atoms with van der Waals surface area (Å²) in [4.78, 5) is 46.1. The van der Waals surface area contributed by atoms with Gasteiger partial charge >= 0.3 is 5.97 Å². The van der Waals surface area contributed by atoms with E-state index < -0.39 is 5.97 Å². The van der Waals surface area contributed by atoms with E-state index in [1.165, 1.54) is 11.3 Å². The van der Waals surface area contributed by atoms with Crippen LogP contribution < -0.4 is 10.6 Å². The van der Waals surface area contributed by atoms with Crippen molar-refractivity contribution in [2.24, 2.45) is 5.73 Å². The van der Waals surface area contributed by atoms with E-state index in [4.69, 9.17) is 10.5 Å². The highest BCUT2D eigenvalue weighted by Gasteiger charge is 2.37. The van der Waals surface area contributed by atoms with E-state index in [-0.39, 0.29) is 43.4 Å². The van der Waals surface area contributed by atoms with Crippen molar-refractivity contribution >= 4 is 46.7 Å². The number of halogens is 1. The van der Waals surface area contributed by atoms with Crippen LogP contribution in [0.5, 0.6) is 0 Å². The minimum Gasteiger partial charge on any atom is -0.462 e. The Balaban J connectivity index is 0.00000256. The highest BCUT2D eigenvalue weighted by Crippen LogP contribution is 2.32. The molecule has 2 aliphatic rings. The Morgan fingerprint density at radius 1 is 1.20 bits per heavy atom. The zero-order valence-electron chi connectivity index (χ0n) is 16.5. The molecular formula is C20H23ClN4O4S. The van der Waals surface area contributed by atoms with Crippen LogP contribution in [-0.2, 0) is 11.3 Å². The SMILES string of the molecule is CCOC(=O)c1sc(N2CCC(N)CC2)nc1CN1C(=O)c2ccccc2C1=O.Cl. The lowest BCUT2D eigenvalue weighted by Crippen LogP contribution is -2.39. The summed E-state index contributed by atoms with van der Waals surface area (Å²) in [5, 5.41) is 0.687. The number of piperidine rings is 1. The van der Waals surface area contributed by atoms with Gasteiger partial charge in [0.05, 0.1) is 30.0 Å². The number of thiazole rings is 1. The first-order valence-corrected chi connectivity index (χ1v) is 10.4. The van der Waals surface area contributed by atoms with Gasteiger partial charge in [0.25, 0.3) is 11.8 Å². The second-order valence-electron chi connectivity index (χ2n) is 7.06. The number of nitrogens with two attached hydrogens (primary N) is 1. The fourth-order valence-corrected chi connectivity index (χ4v) is 4.58. The Labute approximate surface area is 184 Å². The first-order chi connectivity index (χ1) is 14.0. The number of anilines is 1. The van der Waals surface area contributed by atoms with Gasteiger partial charge in [-0.25, -0.2) is 9.78 Å². The van der Waals surface area contributed by atoms with Crippen LogP contribution >= 0.6 is 23.7 Å². The average molecular weight is 451 g/mol. The van der Waals surface area contributed by atoms with E-state index in [9.17, 15) is 14.4 Å². The van der Waals surface area contributed by atoms with Gasteiger partial charge in [0.15, 0.2) is 5.13 Å². The minimum absolute atomic E-state index is 0. The van der Waals surface area contributed by atoms with Gasteiger partial charge in [-0.2, -0.15) is 0 Å². The highest BCUT2D eigenvalue weighted by molar-refractivity contribution is 7.17. The second kappa shape index (κ2) is 9.11. The van der Waals surface area contributed by atoms with Crippen LogP contribution in [0.25, 0.3) is 0 Å². The van der Waals surface area contributed by atoms with E-state index in [2.05, 4.69) is 9.88 Å². The summed E-state index contributed by atoms with van der Waals surface area (Å²) < 4.78 is 5.17. The number of benzene rings is 1. The number of rotatable bonds is 5. The number of amides is 2. The quantitative estimate of drug-likeness (QED) is 0.550. The Morgan fingerprint density at radius 2 is 1.80 bits per heavy atom. The van der Waals surface area contributed by atoms with E-state index in [1.807, 2.05) is 0 Å². The fraction of sp³-hybridized carbons (Fsp3) is 0.400. The van der Waals surface area contributed by atoms with Gasteiger partial charge in [-0.05, 0) is 31.9 Å². The zero-order valence-corrected chi connectivity index (χ0v) is 18.1. The minimum atomic E-state index is -0.489. The molecule has 0 spiro atoms. The lowest BCUT2D eigenvalue weighted by Gasteiger charge is -2.29. The summed E-state index contributed by atoms with van der Waals surface area (Å²) in [5.74, 6) is -1.24. The molecule has 1 aromatic heterocycles. The number of carbonyl (C=O) groups is 3. The summed E-state index contributed by atoms with van der Waals surface area (Å²) in [6, 6.07) is 6.88. The second-order valence-corrected chi connectivity index (χ2v) is 8.04. The molecule has 0 saturated carbocycles. The lowest BCUT2D eigenvalue weighted by molar-refractivity contribution is 0.0522. The summed E-state index contributed by atoms with van der Waals surface area (Å²) in [5.41, 5.74) is 7.10. The molecule has 10 heteroatoms. The van der Waals surface area contributed by atoms with Crippen LogP contribution in [0.2, 0.25) is 0 Å². The molecule has 2 amide bonds. The van der Waals surface area contributed by atoms with Crippen LogP contribution in [0, 0.1) is 0 Å². The Hall–Kier alpha value is -2.49. The molecule has 1 aromatic carbocycles. The van der Waals surface area contributed by atoms with Crippen molar-refractivity contribution in [1.82, 2.24) is 9.88 Å². The maximum absolute atomic E-state index is 12.7. The number of nitrogens with zero attached hydrogens (tertiary/aromatic N) is 3. The van der Waals surface area contributed by atoms with Crippen molar-refractivity contribution in [2.45, 2.75) is 32.4 Å². The normalized spacial score (nSPS) is 16.5. The van der Waals surface area contributed by atoms with Gasteiger partial charge in [-0.1, -0.05) is 23.5 Å². The molecule has 4 rings (SSSR count). The molecule has 3 heterocycles. The molecule has 0 aliphatic carbocycles. The lowest BCUT2D eigenvalue weighted by atomic mass is 10.1. The third kappa shape index (κ3) is 4.05. The maximum Gasteiger partial charge on any atom is 0.350 e. The molecule has 30 heavy (non-hydrogen) atoms. The first kappa shape index (κ1) is 22.2. The van der Waals surface area contributed by atoms with Gasteiger partial charge in [-0.15, -0.1) is 12.4 Å². The molecule has 2 aliphatic heterocycles. The topological polar surface area (TPSA) is 106 Å². The number of esters is 1. The van der Waals surface area contributed by atoms with Gasteiger partial charge in [0, 0.05) is 19.1 Å². The largest absolute Gasteiger partial charge is 0.462 e. The Morgan fingerprint density at radius 3 is 2.37 bits per heavy atom. The molecule has 2 N–H and O–H groups in total. The van der Waals surface area contributed by atoms with Crippen molar-refractivity contribution in [3.8, 4) is 0 Å². The van der Waals surface area contributed by atoms with Crippen molar-refractivity contribution in [2.75, 3.05) is 24.6 Å². The Bertz CT molecular complexity index is 936. The zero-order chi connectivity index (χ0) is 20.5. The highest BCUT2D eigenvalue weighted by atomic mass is 35.5. The van der Waals surface area contributed by atoms with Crippen LogP contribution in [0.4, 0.5) is 5.13 Å². The van der Waals surface area contributed by atoms with E-state index in [1.54, 1.807) is 31.2 Å². The molecule has 160 valence electrons. The van der Waals surface area contributed by atoms with Crippen molar-refractivity contribution in [3.05, 3.63) is 46.0 Å². The molecule has 0 bridgehead atoms. The van der Waals surface area contributed by atoms with Crippen LogP contribution in [0.15, 0.2) is 24.3 Å². The predicted molar refractivity (Wildman–Crippen MR) is 115 cm³/mol. The number of hydrogen-bond donors (Lipinski definition) is 1. The van der Waals surface area contributed by atoms with Crippen molar-refractivity contribution in [3.63, 3.8) is 0 Å². The molecule has 0 unspecified atom stereocenters. The number of fused-ring (bicyclic) bond motifs is 1. The third-order valence-corrected chi connectivity index (χ3v) is 6.28. The average Bonchev–Trinajstić information content (AvgIpc) is 3.25. The fourth-order valence-electron chi connectivity index (χ4n) is 3.56. The first-order valence-electron chi connectivity index (χ1n) is 9.62. The smallest absolute Gasteiger partial charge is 0.350 e. The van der Waals surface area contributed by atoms with E-state index in [0.717, 1.165) is 30.8 Å². The summed E-state index contributed by atoms with van der Waals surface area (Å²) in [6.07, 6.45) is 1.70. The molecule has 2 aromatic rings. The van der Waals surface area contributed by atoms with Crippen LogP contribution in [-0.4, -0.2) is 53.4 Å². The third-order valence-electron chi connectivity index (χ3n) is 5.14. The van der Waals surface area contributed by atoms with Crippen molar-refractivity contribution in [1.29, 1.82) is 0 Å². The predicted octanol–water partition coefficient (Wildman–Crippen LogP) is 2.47. The Kier molecular flexibility index (Phi) is 6.74. The molecule has 8 nitrogen and oxygen atoms in total.